The number of hydrogen-bond acceptors (Lipinski definition) is 5. The molecule has 3 aromatic carbocycles. The number of hydrogen-bond donors (Lipinski definition) is 1. The highest BCUT2D eigenvalue weighted by atomic mass is 35.5. The number of nitrogens with zero attached hydrogens (tertiary/aromatic N) is 4. The number of nitro benzene ring substituents is 1. The Kier molecular flexibility index (Phi) is 7.44. The Bertz CT molecular complexity index is 1730. The molecule has 1 aliphatic heterocycles. The van der Waals surface area contributed by atoms with Gasteiger partial charge in [-0.05, 0) is 91.1 Å². The van der Waals surface area contributed by atoms with Gasteiger partial charge in [0, 0.05) is 51.4 Å². The average molecular weight is 602 g/mol. The second-order valence-corrected chi connectivity index (χ2v) is 11.2. The molecule has 7 nitrogen and oxygen atoms in total. The van der Waals surface area contributed by atoms with Crippen LogP contribution in [0.15, 0.2) is 119 Å². The minimum Gasteiger partial charge on any atom is -0.351 e. The number of rotatable bonds is 7. The number of thiocarbonyl (C=S) groups is 1. The zero-order valence-electron chi connectivity index (χ0n) is 21.2. The molecule has 1 N–H and O–H groups in total. The molecule has 0 spiro atoms. The van der Waals surface area contributed by atoms with Crippen LogP contribution in [0.1, 0.15) is 23.5 Å². The maximum Gasteiger partial charge on any atom is 0.269 e. The van der Waals surface area contributed by atoms with Crippen LogP contribution in [0.25, 0.3) is 5.69 Å². The van der Waals surface area contributed by atoms with Crippen LogP contribution in [0.3, 0.4) is 0 Å². The summed E-state index contributed by atoms with van der Waals surface area (Å²) in [6.07, 6.45) is 3.67. The largest absolute Gasteiger partial charge is 0.351 e. The van der Waals surface area contributed by atoms with Gasteiger partial charge in [0.25, 0.3) is 5.69 Å². The molecule has 204 valence electrons. The third kappa shape index (κ3) is 5.41. The van der Waals surface area contributed by atoms with Crippen LogP contribution in [-0.2, 0) is 0 Å². The first kappa shape index (κ1) is 26.9. The summed E-state index contributed by atoms with van der Waals surface area (Å²) in [5, 5.41) is 15.0. The summed E-state index contributed by atoms with van der Waals surface area (Å²) in [6, 6.07) is 28.3. The Balaban J connectivity index is 1.36. The van der Waals surface area contributed by atoms with E-state index in [9.17, 15) is 14.5 Å². The summed E-state index contributed by atoms with van der Waals surface area (Å²) in [7, 11) is 0. The average Bonchev–Trinajstić information content (AvgIpc) is 3.60. The zero-order valence-corrected chi connectivity index (χ0v) is 23.6. The molecule has 6 rings (SSSR count). The lowest BCUT2D eigenvalue weighted by Gasteiger charge is -2.29. The SMILES string of the molecule is O=[N+]([O-])c1ccc(Sc2ccc(N3C(=S)NC(c4ccccn4)C3c3cccn3-c3ccc(F)c(Cl)c3)cc2)cc1. The van der Waals surface area contributed by atoms with E-state index in [1.54, 1.807) is 30.5 Å². The van der Waals surface area contributed by atoms with Crippen molar-refractivity contribution in [3.8, 4) is 5.69 Å². The highest BCUT2D eigenvalue weighted by Gasteiger charge is 2.42. The van der Waals surface area contributed by atoms with E-state index in [2.05, 4.69) is 15.2 Å². The summed E-state index contributed by atoms with van der Waals surface area (Å²) in [6.45, 7) is 0. The molecule has 2 aromatic heterocycles. The van der Waals surface area contributed by atoms with Crippen LogP contribution in [0, 0.1) is 15.9 Å². The normalized spacial score (nSPS) is 16.5. The van der Waals surface area contributed by atoms with E-state index in [-0.39, 0.29) is 22.8 Å². The van der Waals surface area contributed by atoms with Crippen molar-refractivity contribution in [2.24, 2.45) is 0 Å². The molecule has 0 amide bonds. The van der Waals surface area contributed by atoms with Gasteiger partial charge in [-0.3, -0.25) is 15.1 Å². The molecule has 0 bridgehead atoms. The smallest absolute Gasteiger partial charge is 0.269 e. The van der Waals surface area contributed by atoms with Crippen molar-refractivity contribution < 1.29 is 9.31 Å². The molecular weight excluding hydrogens is 581 g/mol. The molecule has 5 aromatic rings. The van der Waals surface area contributed by atoms with E-state index in [1.165, 1.54) is 30.0 Å². The minimum atomic E-state index is -0.479. The first-order valence-electron chi connectivity index (χ1n) is 12.5. The van der Waals surface area contributed by atoms with Gasteiger partial charge in [-0.1, -0.05) is 29.4 Å². The van der Waals surface area contributed by atoms with Gasteiger partial charge in [-0.2, -0.15) is 0 Å². The van der Waals surface area contributed by atoms with Crippen LogP contribution >= 0.6 is 35.6 Å². The molecule has 0 aliphatic carbocycles. The van der Waals surface area contributed by atoms with E-state index in [0.717, 1.165) is 32.6 Å². The zero-order chi connectivity index (χ0) is 28.5. The van der Waals surface area contributed by atoms with Crippen LogP contribution < -0.4 is 10.2 Å². The molecule has 0 radical (unpaired) electrons. The number of nitro groups is 1. The van der Waals surface area contributed by atoms with Crippen LogP contribution in [0.4, 0.5) is 15.8 Å². The predicted molar refractivity (Wildman–Crippen MR) is 162 cm³/mol. The van der Waals surface area contributed by atoms with Crippen LogP contribution in [0.2, 0.25) is 5.02 Å². The maximum absolute atomic E-state index is 14.0. The van der Waals surface area contributed by atoms with E-state index in [4.69, 9.17) is 23.8 Å². The number of aromatic nitrogens is 2. The van der Waals surface area contributed by atoms with Gasteiger partial charge in [0.1, 0.15) is 11.9 Å². The van der Waals surface area contributed by atoms with E-state index in [0.29, 0.717) is 5.11 Å². The molecule has 0 saturated carbocycles. The molecule has 41 heavy (non-hydrogen) atoms. The first-order chi connectivity index (χ1) is 19.9. The fraction of sp³-hybridized carbons (Fsp3) is 0.0667. The third-order valence-electron chi connectivity index (χ3n) is 6.76. The maximum atomic E-state index is 14.0. The Morgan fingerprint density at radius 3 is 2.32 bits per heavy atom. The highest BCUT2D eigenvalue weighted by molar-refractivity contribution is 7.99. The second kappa shape index (κ2) is 11.3. The van der Waals surface area contributed by atoms with Gasteiger partial charge in [0.2, 0.25) is 0 Å². The quantitative estimate of drug-likeness (QED) is 0.115. The summed E-state index contributed by atoms with van der Waals surface area (Å²) in [5.41, 5.74) is 3.41. The molecule has 1 aliphatic rings. The van der Waals surface area contributed by atoms with E-state index >= 15 is 0 Å². The Morgan fingerprint density at radius 2 is 1.66 bits per heavy atom. The minimum absolute atomic E-state index is 0.0430. The Hall–Kier alpha value is -4.25. The topological polar surface area (TPSA) is 76.2 Å². The Morgan fingerprint density at radius 1 is 0.951 bits per heavy atom. The van der Waals surface area contributed by atoms with Gasteiger partial charge in [0.15, 0.2) is 5.11 Å². The predicted octanol–water partition coefficient (Wildman–Crippen LogP) is 7.90. The van der Waals surface area contributed by atoms with Crippen molar-refractivity contribution in [1.82, 2.24) is 14.9 Å². The van der Waals surface area contributed by atoms with Crippen molar-refractivity contribution in [1.29, 1.82) is 0 Å². The lowest BCUT2D eigenvalue weighted by Crippen LogP contribution is -2.30. The van der Waals surface area contributed by atoms with Crippen molar-refractivity contribution in [2.75, 3.05) is 4.90 Å². The van der Waals surface area contributed by atoms with Crippen molar-refractivity contribution in [3.63, 3.8) is 0 Å². The summed E-state index contributed by atoms with van der Waals surface area (Å²) in [4.78, 5) is 19.1. The monoisotopic (exact) mass is 601 g/mol. The standard InChI is InChI=1S/C30H21ClFN5O2S2/c31-24-18-21(10-15-25(24)32)35-17-3-5-27(35)29-28(26-4-1-2-16-33-26)34-30(40)36(29)19-6-11-22(12-7-19)41-23-13-8-20(9-14-23)37(38)39/h1-18,28-29H,(H,34,40). The molecule has 3 heterocycles. The molecule has 1 saturated heterocycles. The van der Waals surface area contributed by atoms with Crippen LogP contribution in [0.5, 0.6) is 0 Å². The number of benzene rings is 3. The third-order valence-corrected chi connectivity index (χ3v) is 8.38. The van der Waals surface area contributed by atoms with Gasteiger partial charge in [0.05, 0.1) is 21.7 Å². The first-order valence-corrected chi connectivity index (χ1v) is 14.1. The second-order valence-electron chi connectivity index (χ2n) is 9.25. The van der Waals surface area contributed by atoms with Gasteiger partial charge >= 0.3 is 0 Å². The number of non-ortho nitro benzene ring substituents is 1. The molecule has 11 heteroatoms. The molecule has 2 atom stereocenters. The lowest BCUT2D eigenvalue weighted by molar-refractivity contribution is -0.384. The van der Waals surface area contributed by atoms with Crippen LogP contribution in [-0.4, -0.2) is 19.6 Å². The number of anilines is 1. The molecular formula is C30H21ClFN5O2S2. The summed E-state index contributed by atoms with van der Waals surface area (Å²) in [5.74, 6) is -0.479. The summed E-state index contributed by atoms with van der Waals surface area (Å²) >= 11 is 13.5. The fourth-order valence-corrected chi connectivity index (χ4v) is 6.22. The van der Waals surface area contributed by atoms with E-state index < -0.39 is 10.7 Å². The van der Waals surface area contributed by atoms with Gasteiger partial charge in [-0.25, -0.2) is 4.39 Å². The molecule has 2 unspecified atom stereocenters. The van der Waals surface area contributed by atoms with Crippen molar-refractivity contribution >= 4 is 52.1 Å². The van der Waals surface area contributed by atoms with E-state index in [1.807, 2.05) is 65.4 Å². The number of nitrogens with one attached hydrogen (secondary N) is 1. The fourth-order valence-electron chi connectivity index (χ4n) is 4.89. The van der Waals surface area contributed by atoms with Gasteiger partial charge in [-0.15, -0.1) is 0 Å². The van der Waals surface area contributed by atoms with Crippen molar-refractivity contribution in [2.45, 2.75) is 21.9 Å². The molecule has 1 fully saturated rings. The number of pyridine rings is 1. The lowest BCUT2D eigenvalue weighted by atomic mass is 10.0. The van der Waals surface area contributed by atoms with Crippen molar-refractivity contribution in [3.05, 3.63) is 142 Å². The number of halogens is 2. The Labute approximate surface area is 249 Å². The summed E-state index contributed by atoms with van der Waals surface area (Å²) < 4.78 is 15.9. The van der Waals surface area contributed by atoms with Gasteiger partial charge < -0.3 is 14.8 Å². The highest BCUT2D eigenvalue weighted by Crippen LogP contribution is 2.43.